The van der Waals surface area contributed by atoms with Gasteiger partial charge in [0.15, 0.2) is 11.3 Å². The number of nitriles is 1. The van der Waals surface area contributed by atoms with Crippen LogP contribution >= 0.6 is 11.6 Å². The van der Waals surface area contributed by atoms with Gasteiger partial charge < -0.3 is 10.1 Å². The first-order valence-corrected chi connectivity index (χ1v) is 11.1. The normalized spacial score (nSPS) is 12.8. The molecule has 0 saturated carbocycles. The molecule has 7 nitrogen and oxygen atoms in total. The number of ether oxygens (including phenoxy) is 1. The fourth-order valence-electron chi connectivity index (χ4n) is 3.51. The number of benzene rings is 2. The van der Waals surface area contributed by atoms with Gasteiger partial charge in [-0.1, -0.05) is 35.9 Å². The molecule has 174 valence electrons. The van der Waals surface area contributed by atoms with E-state index in [4.69, 9.17) is 16.3 Å². The first-order valence-electron chi connectivity index (χ1n) is 10.7. The van der Waals surface area contributed by atoms with Gasteiger partial charge >= 0.3 is 5.97 Å². The maximum Gasteiger partial charge on any atom is 0.359 e. The molecule has 0 saturated heterocycles. The number of halogens is 1. The summed E-state index contributed by atoms with van der Waals surface area (Å²) in [7, 11) is 0. The number of hydrogen-bond acceptors (Lipinski definition) is 6. The Kier molecular flexibility index (Phi) is 7.98. The Labute approximate surface area is 203 Å². The van der Waals surface area contributed by atoms with E-state index in [1.165, 1.54) is 32.4 Å². The number of esters is 1. The van der Waals surface area contributed by atoms with E-state index in [-0.39, 0.29) is 17.7 Å². The molecular formula is C26H25ClN4O3. The lowest BCUT2D eigenvalue weighted by molar-refractivity contribution is -0.138. The summed E-state index contributed by atoms with van der Waals surface area (Å²) in [6, 6.07) is 16.6. The van der Waals surface area contributed by atoms with Crippen molar-refractivity contribution in [3.05, 3.63) is 94.5 Å². The Bertz CT molecular complexity index is 1190. The van der Waals surface area contributed by atoms with Crippen LogP contribution in [-0.4, -0.2) is 33.5 Å². The van der Waals surface area contributed by atoms with Gasteiger partial charge in [0, 0.05) is 29.4 Å². The van der Waals surface area contributed by atoms with Crippen molar-refractivity contribution in [1.29, 1.82) is 5.26 Å². The molecule has 0 aliphatic rings. The van der Waals surface area contributed by atoms with Crippen LogP contribution in [0.1, 0.15) is 53.9 Å². The van der Waals surface area contributed by atoms with Crippen LogP contribution < -0.4 is 5.32 Å². The molecule has 0 aliphatic heterocycles. The smallest absolute Gasteiger partial charge is 0.359 e. The molecule has 2 atom stereocenters. The predicted molar refractivity (Wildman–Crippen MR) is 128 cm³/mol. The molecule has 3 aromatic rings. The summed E-state index contributed by atoms with van der Waals surface area (Å²) in [5, 5.41) is 13.0. The number of aromatic nitrogens is 2. The number of amides is 1. The molecule has 3 rings (SSSR count). The molecule has 0 fully saturated rings. The van der Waals surface area contributed by atoms with E-state index < -0.39 is 17.5 Å². The summed E-state index contributed by atoms with van der Waals surface area (Å²) in [5.74, 6) is -1.33. The molecule has 0 spiro atoms. The Morgan fingerprint density at radius 1 is 1.18 bits per heavy atom. The number of carbonyl (C=O) groups is 2. The van der Waals surface area contributed by atoms with Crippen molar-refractivity contribution in [3.63, 3.8) is 0 Å². The summed E-state index contributed by atoms with van der Waals surface area (Å²) >= 11 is 6.03. The lowest BCUT2D eigenvalue weighted by Gasteiger charge is -2.30. The second-order valence-corrected chi connectivity index (χ2v) is 8.86. The van der Waals surface area contributed by atoms with Crippen LogP contribution in [0.3, 0.4) is 0 Å². The van der Waals surface area contributed by atoms with Crippen LogP contribution in [0.5, 0.6) is 0 Å². The van der Waals surface area contributed by atoms with Crippen LogP contribution in [0.15, 0.2) is 67.1 Å². The van der Waals surface area contributed by atoms with Crippen LogP contribution in [0, 0.1) is 11.3 Å². The first kappa shape index (κ1) is 24.9. The molecule has 0 aliphatic carbocycles. The topological polar surface area (TPSA) is 105 Å². The number of nitrogens with zero attached hydrogens (tertiary/aromatic N) is 3. The minimum atomic E-state index is -1.44. The van der Waals surface area contributed by atoms with Crippen molar-refractivity contribution in [2.75, 3.05) is 0 Å². The molecule has 2 aromatic carbocycles. The summed E-state index contributed by atoms with van der Waals surface area (Å²) in [6.07, 6.45) is 4.71. The van der Waals surface area contributed by atoms with E-state index in [0.717, 1.165) is 11.1 Å². The summed E-state index contributed by atoms with van der Waals surface area (Å²) in [5.41, 5.74) is 1.06. The SMILES string of the molecule is C[C@H](NC(=O)C(C)(C)OC(=O)c1cnccn1)[C@@H](Cc1ccc(Cl)cc1)c1cccc(C#N)c1. The van der Waals surface area contributed by atoms with Gasteiger partial charge in [-0.05, 0) is 62.6 Å². The fraction of sp³-hybridized carbons (Fsp3) is 0.269. The zero-order chi connectivity index (χ0) is 24.7. The average molecular weight is 477 g/mol. The van der Waals surface area contributed by atoms with Gasteiger partial charge in [0.1, 0.15) is 0 Å². The second-order valence-electron chi connectivity index (χ2n) is 8.43. The van der Waals surface area contributed by atoms with E-state index >= 15 is 0 Å². The molecule has 1 aromatic heterocycles. The van der Waals surface area contributed by atoms with Crippen molar-refractivity contribution < 1.29 is 14.3 Å². The summed E-state index contributed by atoms with van der Waals surface area (Å²) in [4.78, 5) is 33.3. The maximum atomic E-state index is 13.1. The number of nitrogens with one attached hydrogen (secondary N) is 1. The monoisotopic (exact) mass is 476 g/mol. The lowest BCUT2D eigenvalue weighted by atomic mass is 9.85. The standard InChI is InChI=1S/C26H25ClN4O3/c1-17(31-25(33)26(2,3)34-24(32)23-16-29-11-12-30-23)22(14-18-7-9-21(27)10-8-18)20-6-4-5-19(13-20)15-28/h4-13,16-17,22H,14H2,1-3H3,(H,31,33)/t17-,22+/m0/s1. The van der Waals surface area contributed by atoms with Gasteiger partial charge in [-0.2, -0.15) is 5.26 Å². The number of rotatable bonds is 8. The molecule has 0 bridgehead atoms. The molecular weight excluding hydrogens is 452 g/mol. The van der Waals surface area contributed by atoms with E-state index in [9.17, 15) is 14.9 Å². The van der Waals surface area contributed by atoms with Crippen molar-refractivity contribution in [2.45, 2.75) is 44.8 Å². The van der Waals surface area contributed by atoms with Crippen LogP contribution in [0.25, 0.3) is 0 Å². The average Bonchev–Trinajstić information content (AvgIpc) is 2.83. The van der Waals surface area contributed by atoms with Crippen LogP contribution in [0.4, 0.5) is 0 Å². The summed E-state index contributed by atoms with van der Waals surface area (Å²) < 4.78 is 5.43. The molecule has 0 unspecified atom stereocenters. The highest BCUT2D eigenvalue weighted by atomic mass is 35.5. The highest BCUT2D eigenvalue weighted by Crippen LogP contribution is 2.27. The van der Waals surface area contributed by atoms with Crippen molar-refractivity contribution in [3.8, 4) is 6.07 Å². The second kappa shape index (κ2) is 10.9. The first-order chi connectivity index (χ1) is 16.2. The highest BCUT2D eigenvalue weighted by molar-refractivity contribution is 6.30. The van der Waals surface area contributed by atoms with E-state index in [1.54, 1.807) is 6.07 Å². The molecule has 1 amide bonds. The molecule has 8 heteroatoms. The zero-order valence-electron chi connectivity index (χ0n) is 19.2. The third kappa shape index (κ3) is 6.40. The third-order valence-electron chi connectivity index (χ3n) is 5.44. The third-order valence-corrected chi connectivity index (χ3v) is 5.69. The van der Waals surface area contributed by atoms with Crippen molar-refractivity contribution in [2.24, 2.45) is 0 Å². The van der Waals surface area contributed by atoms with Crippen molar-refractivity contribution >= 4 is 23.5 Å². The number of carbonyl (C=O) groups excluding carboxylic acids is 2. The van der Waals surface area contributed by atoms with Crippen LogP contribution in [-0.2, 0) is 16.0 Å². The Morgan fingerprint density at radius 3 is 2.56 bits per heavy atom. The van der Waals surface area contributed by atoms with Gasteiger partial charge in [-0.15, -0.1) is 0 Å². The maximum absolute atomic E-state index is 13.1. The quantitative estimate of drug-likeness (QED) is 0.481. The van der Waals surface area contributed by atoms with Gasteiger partial charge in [-0.3, -0.25) is 9.78 Å². The van der Waals surface area contributed by atoms with E-state index in [1.807, 2.05) is 49.4 Å². The minimum Gasteiger partial charge on any atom is -0.445 e. The predicted octanol–water partition coefficient (Wildman–Crippen LogP) is 4.47. The Hall–Kier alpha value is -3.76. The molecule has 34 heavy (non-hydrogen) atoms. The van der Waals surface area contributed by atoms with Gasteiger partial charge in [0.05, 0.1) is 17.8 Å². The largest absolute Gasteiger partial charge is 0.445 e. The fourth-order valence-corrected chi connectivity index (χ4v) is 3.64. The highest BCUT2D eigenvalue weighted by Gasteiger charge is 2.35. The zero-order valence-corrected chi connectivity index (χ0v) is 19.9. The lowest BCUT2D eigenvalue weighted by Crippen LogP contribution is -2.50. The van der Waals surface area contributed by atoms with Gasteiger partial charge in [0.25, 0.3) is 5.91 Å². The number of hydrogen-bond donors (Lipinski definition) is 1. The Balaban J connectivity index is 1.80. The van der Waals surface area contributed by atoms with Gasteiger partial charge in [-0.25, -0.2) is 9.78 Å². The van der Waals surface area contributed by atoms with E-state index in [2.05, 4.69) is 21.4 Å². The summed E-state index contributed by atoms with van der Waals surface area (Å²) in [6.45, 7) is 4.93. The molecule has 1 N–H and O–H groups in total. The van der Waals surface area contributed by atoms with Gasteiger partial charge in [0.2, 0.25) is 0 Å². The van der Waals surface area contributed by atoms with E-state index in [0.29, 0.717) is 17.0 Å². The Morgan fingerprint density at radius 2 is 1.91 bits per heavy atom. The van der Waals surface area contributed by atoms with Crippen molar-refractivity contribution in [1.82, 2.24) is 15.3 Å². The van der Waals surface area contributed by atoms with Crippen LogP contribution in [0.2, 0.25) is 5.02 Å². The molecule has 1 heterocycles. The molecule has 0 radical (unpaired) electrons. The minimum absolute atomic E-state index is 0.0188.